The Bertz CT molecular complexity index is 1330. The van der Waals surface area contributed by atoms with Gasteiger partial charge < -0.3 is 24.6 Å². The van der Waals surface area contributed by atoms with Crippen molar-refractivity contribution in [2.45, 2.75) is 6.18 Å². The molecule has 0 spiro atoms. The summed E-state index contributed by atoms with van der Waals surface area (Å²) in [5, 5.41) is 18.9. The van der Waals surface area contributed by atoms with Crippen molar-refractivity contribution in [3.8, 4) is 17.1 Å². The molecule has 1 aliphatic heterocycles. The minimum absolute atomic E-state index is 0.384. The molecule has 2 N–H and O–H groups in total. The minimum atomic E-state index is -5.08. The molecular weight excluding hydrogens is 521 g/mol. The summed E-state index contributed by atoms with van der Waals surface area (Å²) in [7, 11) is 0. The Morgan fingerprint density at radius 3 is 2.43 bits per heavy atom. The predicted molar refractivity (Wildman–Crippen MR) is 124 cm³/mol. The zero-order valence-corrected chi connectivity index (χ0v) is 19.5. The van der Waals surface area contributed by atoms with E-state index in [9.17, 15) is 13.2 Å². The lowest BCUT2D eigenvalue weighted by atomic mass is 10.3. The van der Waals surface area contributed by atoms with Gasteiger partial charge in [0.2, 0.25) is 11.9 Å². The van der Waals surface area contributed by atoms with E-state index in [4.69, 9.17) is 30.8 Å². The van der Waals surface area contributed by atoms with E-state index < -0.39 is 12.1 Å². The third-order valence-corrected chi connectivity index (χ3v) is 5.10. The summed E-state index contributed by atoms with van der Waals surface area (Å²) in [5.74, 6) is -1.18. The first-order chi connectivity index (χ1) is 17.7. The Morgan fingerprint density at radius 2 is 1.81 bits per heavy atom. The Morgan fingerprint density at radius 1 is 1.11 bits per heavy atom. The maximum absolute atomic E-state index is 10.6. The van der Waals surface area contributed by atoms with Crippen LogP contribution in [0.25, 0.3) is 17.1 Å². The van der Waals surface area contributed by atoms with Crippen LogP contribution in [0.3, 0.4) is 0 Å². The third-order valence-electron chi connectivity index (χ3n) is 4.82. The summed E-state index contributed by atoms with van der Waals surface area (Å²) >= 11 is 6.17. The molecule has 1 saturated heterocycles. The van der Waals surface area contributed by atoms with Crippen LogP contribution < -0.4 is 10.2 Å². The number of ether oxygens (including phenoxy) is 1. The topological polar surface area (TPSA) is 144 Å². The molecule has 0 aliphatic carbocycles. The van der Waals surface area contributed by atoms with Crippen LogP contribution in [0, 0.1) is 0 Å². The van der Waals surface area contributed by atoms with Gasteiger partial charge in [-0.25, -0.2) is 19.4 Å². The lowest BCUT2D eigenvalue weighted by Crippen LogP contribution is -2.37. The smallest absolute Gasteiger partial charge is 0.475 e. The van der Waals surface area contributed by atoms with Crippen LogP contribution in [0.2, 0.25) is 5.02 Å². The maximum atomic E-state index is 10.6. The number of carbonyl (C=O) groups is 1. The number of rotatable bonds is 5. The van der Waals surface area contributed by atoms with Crippen molar-refractivity contribution >= 4 is 35.2 Å². The molecule has 3 aromatic heterocycles. The Kier molecular flexibility index (Phi) is 7.83. The van der Waals surface area contributed by atoms with Gasteiger partial charge in [0.25, 0.3) is 0 Å². The van der Waals surface area contributed by atoms with Crippen LogP contribution in [-0.2, 0) is 9.53 Å². The molecule has 0 radical (unpaired) electrons. The van der Waals surface area contributed by atoms with Gasteiger partial charge in [0, 0.05) is 24.8 Å². The molecule has 0 amide bonds. The van der Waals surface area contributed by atoms with E-state index in [1.807, 2.05) is 24.3 Å². The fourth-order valence-electron chi connectivity index (χ4n) is 3.05. The average Bonchev–Trinajstić information content (AvgIpc) is 3.59. The molecule has 194 valence electrons. The van der Waals surface area contributed by atoms with E-state index in [1.165, 1.54) is 12.4 Å². The highest BCUT2D eigenvalue weighted by atomic mass is 35.5. The van der Waals surface area contributed by atoms with Crippen LogP contribution in [0.15, 0.2) is 53.6 Å². The second-order valence-electron chi connectivity index (χ2n) is 7.33. The standard InChI is InChI=1S/C19H17ClN8O2.C2HF3O2/c20-15-11-21-18(25-17(15)16-5-6-23-30-16)24-13-1-3-14(4-2-13)28-12-22-19(26-28)27-7-9-29-10-8-27;3-2(4,5)1(6)7/h1-6,11-12H,7-10H2,(H,21,24,25);(H,6,7). The van der Waals surface area contributed by atoms with E-state index in [2.05, 4.69) is 35.4 Å². The zero-order valence-electron chi connectivity index (χ0n) is 18.8. The molecule has 0 saturated carbocycles. The largest absolute Gasteiger partial charge is 0.490 e. The summed E-state index contributed by atoms with van der Waals surface area (Å²) in [6.07, 6.45) is -0.320. The first-order valence-corrected chi connectivity index (χ1v) is 10.9. The molecule has 4 aromatic rings. The number of alkyl halides is 3. The molecule has 0 unspecified atom stereocenters. The molecule has 4 heterocycles. The normalized spacial score (nSPS) is 13.6. The number of halogens is 4. The number of nitrogens with zero attached hydrogens (tertiary/aromatic N) is 7. The van der Waals surface area contributed by atoms with Crippen molar-refractivity contribution in [1.82, 2.24) is 29.9 Å². The molecule has 1 fully saturated rings. The second-order valence-corrected chi connectivity index (χ2v) is 7.74. The fraction of sp³-hybridized carbons (Fsp3) is 0.238. The number of aliphatic carboxylic acids is 1. The fourth-order valence-corrected chi connectivity index (χ4v) is 3.24. The van der Waals surface area contributed by atoms with Crippen molar-refractivity contribution in [3.05, 3.63) is 54.1 Å². The van der Waals surface area contributed by atoms with Gasteiger partial charge in [0.1, 0.15) is 12.0 Å². The SMILES string of the molecule is Clc1cnc(Nc2ccc(-n3cnc(N4CCOCC4)n3)cc2)nc1-c1ccno1.O=C(O)C(F)(F)F. The van der Waals surface area contributed by atoms with E-state index in [1.54, 1.807) is 17.1 Å². The molecule has 5 rings (SSSR count). The highest BCUT2D eigenvalue weighted by Gasteiger charge is 2.38. The highest BCUT2D eigenvalue weighted by Crippen LogP contribution is 2.27. The Hall–Kier alpha value is -4.24. The number of carboxylic acid groups (broad SMARTS) is 1. The monoisotopic (exact) mass is 538 g/mol. The van der Waals surface area contributed by atoms with Crippen molar-refractivity contribution in [3.63, 3.8) is 0 Å². The van der Waals surface area contributed by atoms with Crippen LogP contribution in [0.4, 0.5) is 30.8 Å². The van der Waals surface area contributed by atoms with E-state index in [-0.39, 0.29) is 0 Å². The van der Waals surface area contributed by atoms with Gasteiger partial charge in [-0.15, -0.1) is 5.10 Å². The molecule has 16 heteroatoms. The number of anilines is 3. The van der Waals surface area contributed by atoms with Crippen LogP contribution in [0.1, 0.15) is 0 Å². The van der Waals surface area contributed by atoms with E-state index in [0.29, 0.717) is 41.6 Å². The van der Waals surface area contributed by atoms with Crippen molar-refractivity contribution in [2.24, 2.45) is 0 Å². The first-order valence-electron chi connectivity index (χ1n) is 10.6. The van der Waals surface area contributed by atoms with Gasteiger partial charge in [-0.05, 0) is 24.3 Å². The van der Waals surface area contributed by atoms with E-state index >= 15 is 0 Å². The van der Waals surface area contributed by atoms with Crippen molar-refractivity contribution in [2.75, 3.05) is 36.5 Å². The maximum Gasteiger partial charge on any atom is 0.490 e. The highest BCUT2D eigenvalue weighted by molar-refractivity contribution is 6.32. The van der Waals surface area contributed by atoms with Crippen molar-refractivity contribution in [1.29, 1.82) is 0 Å². The third kappa shape index (κ3) is 6.71. The van der Waals surface area contributed by atoms with E-state index in [0.717, 1.165) is 24.5 Å². The van der Waals surface area contributed by atoms with Crippen molar-refractivity contribution < 1.29 is 32.3 Å². The second kappa shape index (κ2) is 11.2. The number of morpholine rings is 1. The number of hydrogen-bond acceptors (Lipinski definition) is 10. The van der Waals surface area contributed by atoms with Crippen LogP contribution in [-0.4, -0.2) is 73.4 Å². The lowest BCUT2D eigenvalue weighted by molar-refractivity contribution is -0.192. The van der Waals surface area contributed by atoms with Gasteiger partial charge >= 0.3 is 12.1 Å². The lowest BCUT2D eigenvalue weighted by Gasteiger charge is -2.25. The predicted octanol–water partition coefficient (Wildman–Crippen LogP) is 3.58. The molecule has 12 nitrogen and oxygen atoms in total. The van der Waals surface area contributed by atoms with Gasteiger partial charge in [0.05, 0.1) is 36.3 Å². The molecule has 1 aromatic carbocycles. The Balaban J connectivity index is 0.000000405. The van der Waals surface area contributed by atoms with Crippen LogP contribution >= 0.6 is 11.6 Å². The molecular formula is C21H18ClF3N8O4. The zero-order chi connectivity index (χ0) is 26.4. The summed E-state index contributed by atoms with van der Waals surface area (Å²) in [5.41, 5.74) is 2.19. The number of carboxylic acids is 1. The summed E-state index contributed by atoms with van der Waals surface area (Å²) in [4.78, 5) is 24.1. The average molecular weight is 539 g/mol. The van der Waals surface area contributed by atoms with Gasteiger partial charge in [0.15, 0.2) is 5.76 Å². The number of nitrogens with one attached hydrogen (secondary N) is 1. The number of benzene rings is 1. The number of hydrogen-bond donors (Lipinski definition) is 2. The molecule has 0 atom stereocenters. The molecule has 37 heavy (non-hydrogen) atoms. The minimum Gasteiger partial charge on any atom is -0.475 e. The van der Waals surface area contributed by atoms with Crippen LogP contribution in [0.5, 0.6) is 0 Å². The summed E-state index contributed by atoms with van der Waals surface area (Å²) in [6, 6.07) is 9.39. The summed E-state index contributed by atoms with van der Waals surface area (Å²) < 4.78 is 44.0. The van der Waals surface area contributed by atoms with Gasteiger partial charge in [-0.1, -0.05) is 16.8 Å². The molecule has 1 aliphatic rings. The van der Waals surface area contributed by atoms with Gasteiger partial charge in [-0.3, -0.25) is 0 Å². The first kappa shape index (κ1) is 25.8. The molecule has 0 bridgehead atoms. The summed E-state index contributed by atoms with van der Waals surface area (Å²) in [6.45, 7) is 2.98. The van der Waals surface area contributed by atoms with Gasteiger partial charge in [-0.2, -0.15) is 18.2 Å². The quantitative estimate of drug-likeness (QED) is 0.384. The Labute approximate surface area is 211 Å². The number of aromatic nitrogens is 6.